The molecule has 0 radical (unpaired) electrons. The highest BCUT2D eigenvalue weighted by atomic mass is 19.4. The molecule has 3 N–H and O–H groups in total. The number of alkyl halides is 3. The summed E-state index contributed by atoms with van der Waals surface area (Å²) in [6, 6.07) is 4.00. The van der Waals surface area contributed by atoms with Gasteiger partial charge in [-0.15, -0.1) is 0 Å². The Morgan fingerprint density at radius 2 is 1.74 bits per heavy atom. The molecule has 50 heavy (non-hydrogen) atoms. The van der Waals surface area contributed by atoms with E-state index in [9.17, 15) is 47.0 Å². The number of nitrogens with one attached hydrogen (secondary N) is 2. The van der Waals surface area contributed by atoms with Crippen LogP contribution in [-0.2, 0) is 23.9 Å². The van der Waals surface area contributed by atoms with E-state index in [0.717, 1.165) is 10.5 Å². The molecule has 2 saturated heterocycles. The maximum absolute atomic E-state index is 13.6. The first-order valence-corrected chi connectivity index (χ1v) is 16.1. The van der Waals surface area contributed by atoms with Gasteiger partial charge in [-0.3, -0.25) is 24.0 Å². The number of aliphatic carboxylic acids is 1. The van der Waals surface area contributed by atoms with Crippen LogP contribution in [0.25, 0.3) is 10.9 Å². The van der Waals surface area contributed by atoms with E-state index in [1.54, 1.807) is 32.0 Å². The van der Waals surface area contributed by atoms with Crippen LogP contribution in [0.5, 0.6) is 5.75 Å². The Morgan fingerprint density at radius 3 is 2.40 bits per heavy atom. The largest absolute Gasteiger partial charge is 0.483 e. The first kappa shape index (κ1) is 37.7. The third-order valence-electron chi connectivity index (χ3n) is 8.22. The number of likely N-dealkylation sites (tertiary alicyclic amines) is 1. The molecule has 0 spiro atoms. The number of rotatable bonds is 12. The minimum Gasteiger partial charge on any atom is -0.483 e. The van der Waals surface area contributed by atoms with Gasteiger partial charge in [0.25, 0.3) is 11.8 Å². The van der Waals surface area contributed by atoms with Crippen LogP contribution in [0.3, 0.4) is 0 Å². The van der Waals surface area contributed by atoms with Crippen molar-refractivity contribution in [3.05, 3.63) is 35.5 Å². The SMILES string of the molecule is CCOC(=O)N1CCN(C(=O)C(CCC(=O)O)NC(=O)c2cc(OCC(=O)N3CCCC3C(=O)NCC(F)(F)F)c3ccc(C)cc3n2)CC1. The average molecular weight is 709 g/mol. The molecule has 4 rings (SSSR count). The zero-order chi connectivity index (χ0) is 36.6. The molecule has 5 amide bonds. The fraction of sp³-hybridized carbons (Fsp3) is 0.531. The number of fused-ring (bicyclic) bond motifs is 1. The van der Waals surface area contributed by atoms with Gasteiger partial charge in [-0.2, -0.15) is 13.2 Å². The Kier molecular flexibility index (Phi) is 12.4. The van der Waals surface area contributed by atoms with Crippen LogP contribution in [0.4, 0.5) is 18.0 Å². The number of carbonyl (C=O) groups is 6. The highest BCUT2D eigenvalue weighted by Gasteiger charge is 2.37. The van der Waals surface area contributed by atoms with E-state index < -0.39 is 73.5 Å². The van der Waals surface area contributed by atoms with Crippen LogP contribution in [0.1, 0.15) is 48.7 Å². The summed E-state index contributed by atoms with van der Waals surface area (Å²) in [5, 5.41) is 14.1. The standard InChI is InChI=1S/C32H39F3N6O9/c1-3-49-31(48)40-13-11-39(12-14-40)30(47)21(8-9-27(43)44)38-28(45)23-16-25(20-7-6-19(2)15-22(20)37-23)50-17-26(42)41-10-4-5-24(41)29(46)36-18-32(33,34)35/h6-7,15-16,21,24H,3-5,8-14,17-18H2,1-2H3,(H,36,46)(H,38,45)(H,43,44). The molecule has 1 aromatic carbocycles. The zero-order valence-electron chi connectivity index (χ0n) is 27.6. The lowest BCUT2D eigenvalue weighted by atomic mass is 10.1. The molecule has 3 heterocycles. The predicted molar refractivity (Wildman–Crippen MR) is 169 cm³/mol. The number of ether oxygens (including phenoxy) is 2. The maximum atomic E-state index is 13.6. The van der Waals surface area contributed by atoms with Crippen molar-refractivity contribution in [3.63, 3.8) is 0 Å². The number of aromatic nitrogens is 1. The number of carbonyl (C=O) groups excluding carboxylic acids is 5. The van der Waals surface area contributed by atoms with E-state index in [0.29, 0.717) is 17.3 Å². The summed E-state index contributed by atoms with van der Waals surface area (Å²) in [4.78, 5) is 84.5. The van der Waals surface area contributed by atoms with Crippen molar-refractivity contribution in [1.29, 1.82) is 0 Å². The summed E-state index contributed by atoms with van der Waals surface area (Å²) in [7, 11) is 0. The molecule has 0 aliphatic carbocycles. The van der Waals surface area contributed by atoms with Crippen LogP contribution >= 0.6 is 0 Å². The molecular weight excluding hydrogens is 669 g/mol. The van der Waals surface area contributed by atoms with Crippen molar-refractivity contribution in [3.8, 4) is 5.75 Å². The number of benzene rings is 1. The lowest BCUT2D eigenvalue weighted by Crippen LogP contribution is -2.56. The zero-order valence-corrected chi connectivity index (χ0v) is 27.6. The average Bonchev–Trinajstić information content (AvgIpc) is 3.57. The number of aryl methyl sites for hydroxylation is 1. The van der Waals surface area contributed by atoms with Gasteiger partial charge in [0.2, 0.25) is 11.8 Å². The molecule has 2 fully saturated rings. The number of pyridine rings is 1. The number of hydrogen-bond acceptors (Lipinski definition) is 9. The van der Waals surface area contributed by atoms with Crippen molar-refractivity contribution >= 4 is 46.6 Å². The quantitative estimate of drug-likeness (QED) is 0.294. The Balaban J connectivity index is 1.50. The van der Waals surface area contributed by atoms with Crippen molar-refractivity contribution in [1.82, 2.24) is 30.3 Å². The summed E-state index contributed by atoms with van der Waals surface area (Å²) in [6.07, 6.45) is -5.19. The number of nitrogens with zero attached hydrogens (tertiary/aromatic N) is 4. The third-order valence-corrected chi connectivity index (χ3v) is 8.22. The molecule has 0 bridgehead atoms. The first-order chi connectivity index (χ1) is 23.7. The molecule has 18 heteroatoms. The first-order valence-electron chi connectivity index (χ1n) is 16.1. The molecule has 15 nitrogen and oxygen atoms in total. The van der Waals surface area contributed by atoms with Gasteiger partial charge in [-0.1, -0.05) is 6.07 Å². The summed E-state index contributed by atoms with van der Waals surface area (Å²) in [5.41, 5.74) is 0.899. The van der Waals surface area contributed by atoms with Gasteiger partial charge >= 0.3 is 18.2 Å². The predicted octanol–water partition coefficient (Wildman–Crippen LogP) is 1.86. The maximum Gasteiger partial charge on any atom is 0.409 e. The summed E-state index contributed by atoms with van der Waals surface area (Å²) in [5.74, 6) is -4.05. The van der Waals surface area contributed by atoms with Gasteiger partial charge in [0.1, 0.15) is 30.1 Å². The van der Waals surface area contributed by atoms with Crippen molar-refractivity contribution in [2.45, 2.75) is 57.8 Å². The highest BCUT2D eigenvalue weighted by Crippen LogP contribution is 2.27. The molecule has 2 aliphatic heterocycles. The minimum atomic E-state index is -4.61. The molecule has 2 atom stereocenters. The normalized spacial score (nSPS) is 16.9. The lowest BCUT2D eigenvalue weighted by Gasteiger charge is -2.35. The highest BCUT2D eigenvalue weighted by molar-refractivity contribution is 5.99. The molecular formula is C32H39F3N6O9. The molecule has 2 aromatic rings. The van der Waals surface area contributed by atoms with Gasteiger partial charge in [0.05, 0.1) is 12.1 Å². The number of amides is 5. The van der Waals surface area contributed by atoms with E-state index >= 15 is 0 Å². The number of carboxylic acid groups (broad SMARTS) is 1. The number of halogens is 3. The van der Waals surface area contributed by atoms with Crippen LogP contribution in [0, 0.1) is 6.92 Å². The molecule has 2 unspecified atom stereocenters. The second kappa shape index (κ2) is 16.5. The van der Waals surface area contributed by atoms with Crippen molar-refractivity contribution < 1.29 is 56.5 Å². The van der Waals surface area contributed by atoms with E-state index in [4.69, 9.17) is 9.47 Å². The fourth-order valence-corrected chi connectivity index (χ4v) is 5.71. The Labute approximate surface area is 285 Å². The Morgan fingerprint density at radius 1 is 1.04 bits per heavy atom. The molecule has 272 valence electrons. The Hall–Kier alpha value is -5.16. The summed E-state index contributed by atoms with van der Waals surface area (Å²) < 4.78 is 48.7. The molecule has 0 saturated carbocycles. The lowest BCUT2D eigenvalue weighted by molar-refractivity contribution is -0.145. The smallest absolute Gasteiger partial charge is 0.409 e. The van der Waals surface area contributed by atoms with Crippen molar-refractivity contribution in [2.75, 3.05) is 52.5 Å². The van der Waals surface area contributed by atoms with Crippen LogP contribution in [-0.4, -0.2) is 131 Å². The number of hydrogen-bond donors (Lipinski definition) is 3. The second-order valence-corrected chi connectivity index (χ2v) is 11.9. The van der Waals surface area contributed by atoms with Gasteiger partial charge in [-0.05, 0) is 50.8 Å². The van der Waals surface area contributed by atoms with Gasteiger partial charge in [-0.25, -0.2) is 9.78 Å². The number of piperazine rings is 1. The minimum absolute atomic E-state index is 0.0641. The van der Waals surface area contributed by atoms with Gasteiger partial charge < -0.3 is 39.9 Å². The third kappa shape index (κ3) is 9.94. The monoisotopic (exact) mass is 708 g/mol. The Bertz CT molecular complexity index is 1610. The topological polar surface area (TPSA) is 188 Å². The van der Waals surface area contributed by atoms with E-state index in [2.05, 4.69) is 10.3 Å². The summed E-state index contributed by atoms with van der Waals surface area (Å²) in [6.45, 7) is 2.31. The van der Waals surface area contributed by atoms with Crippen LogP contribution in [0.15, 0.2) is 24.3 Å². The summed E-state index contributed by atoms with van der Waals surface area (Å²) >= 11 is 0. The second-order valence-electron chi connectivity index (χ2n) is 11.9. The van der Waals surface area contributed by atoms with E-state index in [1.807, 2.05) is 5.32 Å². The van der Waals surface area contributed by atoms with Crippen LogP contribution in [0.2, 0.25) is 0 Å². The van der Waals surface area contributed by atoms with Crippen LogP contribution < -0.4 is 15.4 Å². The molecule has 2 aliphatic rings. The van der Waals surface area contributed by atoms with E-state index in [1.165, 1.54) is 15.9 Å². The van der Waals surface area contributed by atoms with Gasteiger partial charge in [0.15, 0.2) is 6.61 Å². The molecule has 1 aromatic heterocycles. The van der Waals surface area contributed by atoms with Crippen molar-refractivity contribution in [2.24, 2.45) is 0 Å². The number of carboxylic acids is 1. The van der Waals surface area contributed by atoms with Gasteiger partial charge in [0, 0.05) is 50.6 Å². The van der Waals surface area contributed by atoms with E-state index in [-0.39, 0.29) is 63.6 Å². The fourth-order valence-electron chi connectivity index (χ4n) is 5.71.